The van der Waals surface area contributed by atoms with Gasteiger partial charge < -0.3 is 5.11 Å². The lowest BCUT2D eigenvalue weighted by Gasteiger charge is -2.18. The van der Waals surface area contributed by atoms with E-state index >= 15 is 0 Å². The maximum Gasteiger partial charge on any atom is 0.239 e. The van der Waals surface area contributed by atoms with Crippen LogP contribution in [0.1, 0.15) is 37.8 Å². The number of rotatable bonds is 2. The number of amides is 2. The Kier molecular flexibility index (Phi) is 4.15. The van der Waals surface area contributed by atoms with Gasteiger partial charge in [0, 0.05) is 18.4 Å². The fourth-order valence-electron chi connectivity index (χ4n) is 2.35. The van der Waals surface area contributed by atoms with Gasteiger partial charge in [-0.3, -0.25) is 14.5 Å². The van der Waals surface area contributed by atoms with Gasteiger partial charge in [0.1, 0.15) is 0 Å². The molecule has 4 nitrogen and oxygen atoms in total. The van der Waals surface area contributed by atoms with Gasteiger partial charge in [0.25, 0.3) is 0 Å². The molecule has 1 aliphatic rings. The molecular formula is C17H19NO3. The molecule has 1 saturated heterocycles. The number of aryl methyl sites for hydroxylation is 1. The maximum atomic E-state index is 12.3. The molecule has 0 aromatic heterocycles. The summed E-state index contributed by atoms with van der Waals surface area (Å²) in [5, 5.41) is 8.72. The number of benzene rings is 1. The number of nitrogens with zero attached hydrogens (tertiary/aromatic N) is 1. The van der Waals surface area contributed by atoms with Crippen molar-refractivity contribution in [1.82, 2.24) is 0 Å². The van der Waals surface area contributed by atoms with E-state index in [9.17, 15) is 9.59 Å². The second-order valence-corrected chi connectivity index (χ2v) is 5.87. The number of aliphatic hydroxyl groups excluding tert-OH is 1. The second kappa shape index (κ2) is 5.71. The largest absolute Gasteiger partial charge is 0.395 e. The number of carbonyl (C=O) groups is 2. The number of imide groups is 1. The van der Waals surface area contributed by atoms with Crippen molar-refractivity contribution in [3.63, 3.8) is 0 Å². The molecule has 1 aromatic carbocycles. The van der Waals surface area contributed by atoms with Gasteiger partial charge in [-0.25, -0.2) is 0 Å². The van der Waals surface area contributed by atoms with Crippen LogP contribution < -0.4 is 4.90 Å². The van der Waals surface area contributed by atoms with Crippen LogP contribution in [0, 0.1) is 24.2 Å². The summed E-state index contributed by atoms with van der Waals surface area (Å²) in [5.74, 6) is 5.51. The molecule has 2 amide bonds. The van der Waals surface area contributed by atoms with Gasteiger partial charge in [0.05, 0.1) is 17.7 Å². The van der Waals surface area contributed by atoms with Crippen molar-refractivity contribution in [1.29, 1.82) is 0 Å². The number of hydrogen-bond donors (Lipinski definition) is 1. The third-order valence-electron chi connectivity index (χ3n) is 3.55. The van der Waals surface area contributed by atoms with E-state index in [-0.39, 0.29) is 24.8 Å². The number of aliphatic hydroxyl groups is 1. The average Bonchev–Trinajstić information content (AvgIpc) is 2.60. The summed E-state index contributed by atoms with van der Waals surface area (Å²) in [6.45, 7) is 5.50. The van der Waals surface area contributed by atoms with Gasteiger partial charge in [-0.15, -0.1) is 0 Å². The highest BCUT2D eigenvalue weighted by Crippen LogP contribution is 2.35. The predicted molar refractivity (Wildman–Crippen MR) is 80.7 cm³/mol. The fraction of sp³-hybridized carbons (Fsp3) is 0.412. The molecule has 2 rings (SSSR count). The minimum atomic E-state index is -0.634. The Morgan fingerprint density at radius 1 is 1.33 bits per heavy atom. The SMILES string of the molecule is Cc1cc(N2C(=O)CC(C)(C)C2=O)ccc1C#CCCO. The first-order valence-corrected chi connectivity index (χ1v) is 6.94. The van der Waals surface area contributed by atoms with Gasteiger partial charge in [0.15, 0.2) is 0 Å². The number of carbonyl (C=O) groups excluding carboxylic acids is 2. The van der Waals surface area contributed by atoms with Crippen molar-refractivity contribution >= 4 is 17.5 Å². The lowest BCUT2D eigenvalue weighted by Crippen LogP contribution is -2.33. The summed E-state index contributed by atoms with van der Waals surface area (Å²) >= 11 is 0. The Balaban J connectivity index is 2.31. The van der Waals surface area contributed by atoms with E-state index in [0.29, 0.717) is 12.1 Å². The van der Waals surface area contributed by atoms with Crippen LogP contribution in [0.15, 0.2) is 18.2 Å². The molecule has 1 fully saturated rings. The molecule has 1 heterocycles. The Bertz CT molecular complexity index is 650. The standard InChI is InChI=1S/C17H19NO3/c1-12-10-14(8-7-13(12)6-4-5-9-19)18-15(20)11-17(2,3)16(18)21/h7-8,10,19H,5,9,11H2,1-3H3. The second-order valence-electron chi connectivity index (χ2n) is 5.87. The number of hydrogen-bond acceptors (Lipinski definition) is 3. The molecular weight excluding hydrogens is 266 g/mol. The van der Waals surface area contributed by atoms with Gasteiger partial charge in [-0.1, -0.05) is 25.7 Å². The smallest absolute Gasteiger partial charge is 0.239 e. The first-order chi connectivity index (χ1) is 9.86. The molecule has 0 radical (unpaired) electrons. The highest BCUT2D eigenvalue weighted by Gasteiger charge is 2.45. The topological polar surface area (TPSA) is 57.6 Å². The molecule has 110 valence electrons. The minimum Gasteiger partial charge on any atom is -0.395 e. The van der Waals surface area contributed by atoms with Crippen LogP contribution in [0.4, 0.5) is 5.69 Å². The van der Waals surface area contributed by atoms with Gasteiger partial charge in [0.2, 0.25) is 11.8 Å². The van der Waals surface area contributed by atoms with Crippen molar-refractivity contribution in [2.45, 2.75) is 33.6 Å². The first kappa shape index (κ1) is 15.3. The zero-order chi connectivity index (χ0) is 15.6. The predicted octanol–water partition coefficient (Wildman–Crippen LogP) is 2.02. The van der Waals surface area contributed by atoms with Gasteiger partial charge >= 0.3 is 0 Å². The van der Waals surface area contributed by atoms with Crippen LogP contribution in [-0.2, 0) is 9.59 Å². The fourth-order valence-corrected chi connectivity index (χ4v) is 2.35. The van der Waals surface area contributed by atoms with E-state index in [1.54, 1.807) is 32.0 Å². The van der Waals surface area contributed by atoms with Crippen LogP contribution >= 0.6 is 0 Å². The molecule has 4 heteroatoms. The van der Waals surface area contributed by atoms with E-state index in [1.165, 1.54) is 4.90 Å². The van der Waals surface area contributed by atoms with Crippen LogP contribution in [0.3, 0.4) is 0 Å². The monoisotopic (exact) mass is 285 g/mol. The molecule has 0 atom stereocenters. The van der Waals surface area contributed by atoms with E-state index in [0.717, 1.165) is 11.1 Å². The zero-order valence-corrected chi connectivity index (χ0v) is 12.6. The first-order valence-electron chi connectivity index (χ1n) is 6.94. The zero-order valence-electron chi connectivity index (χ0n) is 12.6. The summed E-state index contributed by atoms with van der Waals surface area (Å²) in [6, 6.07) is 5.36. The van der Waals surface area contributed by atoms with E-state index in [1.807, 2.05) is 6.92 Å². The minimum absolute atomic E-state index is 0.0377. The Hall–Kier alpha value is -2.12. The van der Waals surface area contributed by atoms with E-state index in [4.69, 9.17) is 5.11 Å². The lowest BCUT2D eigenvalue weighted by molar-refractivity contribution is -0.124. The highest BCUT2D eigenvalue weighted by molar-refractivity contribution is 6.22. The van der Waals surface area contributed by atoms with E-state index < -0.39 is 5.41 Å². The summed E-state index contributed by atoms with van der Waals surface area (Å²) < 4.78 is 0. The molecule has 0 unspecified atom stereocenters. The van der Waals surface area contributed by atoms with Crippen molar-refractivity contribution in [2.75, 3.05) is 11.5 Å². The van der Waals surface area contributed by atoms with Crippen LogP contribution in [0.2, 0.25) is 0 Å². The van der Waals surface area contributed by atoms with Gasteiger partial charge in [-0.2, -0.15) is 0 Å². The molecule has 0 aliphatic carbocycles. The number of anilines is 1. The van der Waals surface area contributed by atoms with Crippen LogP contribution in [0.25, 0.3) is 0 Å². The highest BCUT2D eigenvalue weighted by atomic mass is 16.2. The Morgan fingerprint density at radius 2 is 2.05 bits per heavy atom. The van der Waals surface area contributed by atoms with Crippen molar-refractivity contribution in [2.24, 2.45) is 5.41 Å². The van der Waals surface area contributed by atoms with E-state index in [2.05, 4.69) is 11.8 Å². The Morgan fingerprint density at radius 3 is 2.57 bits per heavy atom. The van der Waals surface area contributed by atoms with Gasteiger partial charge in [-0.05, 0) is 30.7 Å². The molecule has 0 saturated carbocycles. The summed E-state index contributed by atoms with van der Waals surface area (Å²) in [7, 11) is 0. The van der Waals surface area contributed by atoms with Crippen molar-refractivity contribution < 1.29 is 14.7 Å². The quantitative estimate of drug-likeness (QED) is 0.668. The third-order valence-corrected chi connectivity index (χ3v) is 3.55. The average molecular weight is 285 g/mol. The van der Waals surface area contributed by atoms with Crippen molar-refractivity contribution in [3.05, 3.63) is 29.3 Å². The molecule has 0 spiro atoms. The summed E-state index contributed by atoms with van der Waals surface area (Å²) in [6.07, 6.45) is 0.668. The van der Waals surface area contributed by atoms with Crippen LogP contribution in [-0.4, -0.2) is 23.5 Å². The van der Waals surface area contributed by atoms with Crippen molar-refractivity contribution in [3.8, 4) is 11.8 Å². The molecule has 1 aliphatic heterocycles. The molecule has 1 N–H and O–H groups in total. The molecule has 0 bridgehead atoms. The normalized spacial score (nSPS) is 16.9. The van der Waals surface area contributed by atoms with Crippen LogP contribution in [0.5, 0.6) is 0 Å². The molecule has 21 heavy (non-hydrogen) atoms. The molecule has 1 aromatic rings. The Labute approximate surface area is 124 Å². The maximum absolute atomic E-state index is 12.3. The summed E-state index contributed by atoms with van der Waals surface area (Å²) in [4.78, 5) is 25.6. The third kappa shape index (κ3) is 2.98. The summed E-state index contributed by atoms with van der Waals surface area (Å²) in [5.41, 5.74) is 1.71. The lowest BCUT2D eigenvalue weighted by atomic mass is 9.92.